The van der Waals surface area contributed by atoms with Crippen LogP contribution in [0.1, 0.15) is 34.0 Å². The molecule has 0 aliphatic carbocycles. The van der Waals surface area contributed by atoms with E-state index in [1.54, 1.807) is 37.4 Å². The van der Waals surface area contributed by atoms with Gasteiger partial charge < -0.3 is 15.3 Å². The minimum absolute atomic E-state index is 0.0181. The first kappa shape index (κ1) is 25.3. The second-order valence-corrected chi connectivity index (χ2v) is 8.47. The minimum Gasteiger partial charge on any atom is -0.387 e. The molecule has 5 nitrogen and oxygen atoms in total. The van der Waals surface area contributed by atoms with Crippen molar-refractivity contribution in [3.05, 3.63) is 94.0 Å². The Morgan fingerprint density at radius 2 is 1.68 bits per heavy atom. The molecule has 3 aromatic carbocycles. The van der Waals surface area contributed by atoms with Gasteiger partial charge in [-0.2, -0.15) is 8.78 Å². The van der Waals surface area contributed by atoms with Crippen LogP contribution in [0.25, 0.3) is 0 Å². The van der Waals surface area contributed by atoms with Gasteiger partial charge in [-0.15, -0.1) is 0 Å². The van der Waals surface area contributed by atoms with Gasteiger partial charge in [0.25, 0.3) is 11.8 Å². The third-order valence-corrected chi connectivity index (χ3v) is 5.78. The molecule has 0 radical (unpaired) electrons. The molecule has 0 fully saturated rings. The lowest BCUT2D eigenvalue weighted by molar-refractivity contribution is -0.115. The molecule has 2 N–H and O–H groups in total. The summed E-state index contributed by atoms with van der Waals surface area (Å²) in [6, 6.07) is 17.1. The van der Waals surface area contributed by atoms with Gasteiger partial charge in [-0.05, 0) is 55.3 Å². The van der Waals surface area contributed by atoms with E-state index in [9.17, 15) is 23.5 Å². The first-order chi connectivity index (χ1) is 16.0. The highest BCUT2D eigenvalue weighted by atomic mass is 35.5. The van der Waals surface area contributed by atoms with Crippen LogP contribution in [0.15, 0.2) is 66.7 Å². The van der Waals surface area contributed by atoms with Gasteiger partial charge in [0.05, 0.1) is 17.1 Å². The first-order valence-corrected chi connectivity index (χ1v) is 11.0. The molecule has 34 heavy (non-hydrogen) atoms. The minimum atomic E-state index is -3.36. The summed E-state index contributed by atoms with van der Waals surface area (Å²) >= 11 is 6.26. The number of hydrogen-bond acceptors (Lipinski definition) is 3. The lowest BCUT2D eigenvalue weighted by atomic mass is 10.0. The molecule has 0 heterocycles. The molecule has 0 bridgehead atoms. The second kappa shape index (κ2) is 10.3. The Morgan fingerprint density at radius 3 is 2.24 bits per heavy atom. The summed E-state index contributed by atoms with van der Waals surface area (Å²) in [5.41, 5.74) is 2.65. The van der Waals surface area contributed by atoms with E-state index in [0.717, 1.165) is 12.5 Å². The van der Waals surface area contributed by atoms with Crippen LogP contribution in [0.4, 0.5) is 20.2 Å². The summed E-state index contributed by atoms with van der Waals surface area (Å²) in [5.74, 6) is -3.94. The molecule has 1 unspecified atom stereocenters. The summed E-state index contributed by atoms with van der Waals surface area (Å²) < 4.78 is 27.7. The third kappa shape index (κ3) is 5.61. The summed E-state index contributed by atoms with van der Waals surface area (Å²) in [6.45, 7) is 2.89. The lowest BCUT2D eigenvalue weighted by Gasteiger charge is -2.21. The van der Waals surface area contributed by atoms with Crippen molar-refractivity contribution >= 4 is 34.8 Å². The zero-order chi connectivity index (χ0) is 25.0. The van der Waals surface area contributed by atoms with Gasteiger partial charge in [0.2, 0.25) is 5.91 Å². The normalized spacial score (nSPS) is 12.2. The Morgan fingerprint density at radius 1 is 1.06 bits per heavy atom. The van der Waals surface area contributed by atoms with E-state index >= 15 is 0 Å². The molecule has 178 valence electrons. The topological polar surface area (TPSA) is 69.6 Å². The average Bonchev–Trinajstić information content (AvgIpc) is 2.79. The molecule has 2 amide bonds. The molecule has 0 aromatic heterocycles. The van der Waals surface area contributed by atoms with Crippen LogP contribution >= 0.6 is 11.6 Å². The fraction of sp³-hybridized carbons (Fsp3) is 0.231. The number of halogens is 3. The number of hydrogen-bond donors (Lipinski definition) is 2. The number of nitrogens with one attached hydrogen (secondary N) is 1. The Bertz CT molecular complexity index is 1160. The number of para-hydroxylation sites is 1. The van der Waals surface area contributed by atoms with Crippen molar-refractivity contribution in [2.24, 2.45) is 0 Å². The predicted molar refractivity (Wildman–Crippen MR) is 130 cm³/mol. The molecule has 0 spiro atoms. The number of nitrogens with zero attached hydrogens (tertiary/aromatic N) is 1. The smallest absolute Gasteiger partial charge is 0.298 e. The second-order valence-electron chi connectivity index (χ2n) is 8.07. The zero-order valence-electron chi connectivity index (χ0n) is 19.0. The summed E-state index contributed by atoms with van der Waals surface area (Å²) in [6.07, 6.45) is -1.83. The van der Waals surface area contributed by atoms with Crippen LogP contribution in [0.5, 0.6) is 0 Å². The van der Waals surface area contributed by atoms with E-state index in [0.29, 0.717) is 27.5 Å². The number of rotatable bonds is 7. The van der Waals surface area contributed by atoms with Gasteiger partial charge in [0.1, 0.15) is 6.10 Å². The average molecular weight is 487 g/mol. The van der Waals surface area contributed by atoms with E-state index in [1.165, 1.54) is 29.2 Å². The molecular weight excluding hydrogens is 462 g/mol. The van der Waals surface area contributed by atoms with Crippen molar-refractivity contribution in [3.8, 4) is 0 Å². The number of aliphatic hydroxyl groups is 1. The molecule has 0 saturated carbocycles. The number of benzene rings is 3. The molecule has 0 saturated heterocycles. The predicted octanol–water partition coefficient (Wildman–Crippen LogP) is 5.58. The van der Waals surface area contributed by atoms with Crippen molar-refractivity contribution in [2.45, 2.75) is 32.3 Å². The summed E-state index contributed by atoms with van der Waals surface area (Å²) in [7, 11) is 1.65. The molecule has 0 aliphatic rings. The standard InChI is InChI=1S/C26H25ClF2N2O3/c1-16-5-4-6-22(27)24(16)31(3)25(34)19-9-13-21(14-10-19)30-23(33)15-18-7-11-20(12-8-18)26(28,29)17(2)32/h4-14,17,32H,15H2,1-3H3,(H,30,33). The number of carbonyl (C=O) groups excluding carboxylic acids is 2. The van der Waals surface area contributed by atoms with Crippen LogP contribution in [0, 0.1) is 6.92 Å². The van der Waals surface area contributed by atoms with Crippen molar-refractivity contribution in [1.82, 2.24) is 0 Å². The van der Waals surface area contributed by atoms with Crippen LogP contribution in [0.3, 0.4) is 0 Å². The molecule has 0 aliphatic heterocycles. The van der Waals surface area contributed by atoms with Crippen LogP contribution in [0.2, 0.25) is 5.02 Å². The van der Waals surface area contributed by atoms with Crippen LogP contribution < -0.4 is 10.2 Å². The largest absolute Gasteiger partial charge is 0.387 e. The van der Waals surface area contributed by atoms with Gasteiger partial charge in [-0.1, -0.05) is 48.0 Å². The number of aryl methyl sites for hydroxylation is 1. The van der Waals surface area contributed by atoms with Gasteiger partial charge in [-0.3, -0.25) is 9.59 Å². The monoisotopic (exact) mass is 486 g/mol. The number of anilines is 2. The van der Waals surface area contributed by atoms with E-state index < -0.39 is 12.0 Å². The Labute approximate surface area is 202 Å². The molecule has 3 rings (SSSR count). The van der Waals surface area contributed by atoms with E-state index in [1.807, 2.05) is 19.1 Å². The molecule has 1 atom stereocenters. The Hall–Kier alpha value is -3.29. The van der Waals surface area contributed by atoms with Gasteiger partial charge in [0, 0.05) is 23.9 Å². The number of aliphatic hydroxyl groups excluding tert-OH is 1. The van der Waals surface area contributed by atoms with E-state index in [-0.39, 0.29) is 23.8 Å². The maximum atomic E-state index is 13.9. The highest BCUT2D eigenvalue weighted by Gasteiger charge is 2.37. The zero-order valence-corrected chi connectivity index (χ0v) is 19.7. The summed E-state index contributed by atoms with van der Waals surface area (Å²) in [4.78, 5) is 26.7. The maximum absolute atomic E-state index is 13.9. The van der Waals surface area contributed by atoms with Crippen LogP contribution in [-0.2, 0) is 17.1 Å². The van der Waals surface area contributed by atoms with Gasteiger partial charge in [0.15, 0.2) is 0 Å². The van der Waals surface area contributed by atoms with Crippen molar-refractivity contribution in [2.75, 3.05) is 17.3 Å². The SMILES string of the molecule is Cc1cccc(Cl)c1N(C)C(=O)c1ccc(NC(=O)Cc2ccc(C(F)(F)C(C)O)cc2)cc1. The molecule has 8 heteroatoms. The Kier molecular flexibility index (Phi) is 7.69. The quantitative estimate of drug-likeness (QED) is 0.458. The van der Waals surface area contributed by atoms with Gasteiger partial charge in [-0.25, -0.2) is 0 Å². The number of alkyl halides is 2. The molecule has 3 aromatic rings. The van der Waals surface area contributed by atoms with Crippen LogP contribution in [-0.4, -0.2) is 30.1 Å². The highest BCUT2D eigenvalue weighted by Crippen LogP contribution is 2.32. The maximum Gasteiger partial charge on any atom is 0.298 e. The van der Waals surface area contributed by atoms with Crippen molar-refractivity contribution < 1.29 is 23.5 Å². The highest BCUT2D eigenvalue weighted by molar-refractivity contribution is 6.34. The Balaban J connectivity index is 1.63. The molecular formula is C26H25ClF2N2O3. The lowest BCUT2D eigenvalue weighted by Crippen LogP contribution is -2.28. The number of amides is 2. The van der Waals surface area contributed by atoms with Crippen molar-refractivity contribution in [3.63, 3.8) is 0 Å². The van der Waals surface area contributed by atoms with Crippen molar-refractivity contribution in [1.29, 1.82) is 0 Å². The fourth-order valence-corrected chi connectivity index (χ4v) is 3.86. The van der Waals surface area contributed by atoms with Gasteiger partial charge >= 0.3 is 0 Å². The van der Waals surface area contributed by atoms with E-state index in [4.69, 9.17) is 11.6 Å². The third-order valence-electron chi connectivity index (χ3n) is 5.47. The van der Waals surface area contributed by atoms with E-state index in [2.05, 4.69) is 5.32 Å². The first-order valence-electron chi connectivity index (χ1n) is 10.6. The number of carbonyl (C=O) groups is 2. The fourth-order valence-electron chi connectivity index (χ4n) is 3.52. The summed E-state index contributed by atoms with van der Waals surface area (Å²) in [5, 5.41) is 12.4.